The van der Waals surface area contributed by atoms with E-state index < -0.39 is 18.1 Å². The number of rotatable bonds is 6. The van der Waals surface area contributed by atoms with Crippen molar-refractivity contribution in [3.05, 3.63) is 71.3 Å². The van der Waals surface area contributed by atoms with Gasteiger partial charge in [0.05, 0.1) is 13.7 Å². The van der Waals surface area contributed by atoms with Crippen LogP contribution in [0, 0.1) is 0 Å². The topological polar surface area (TPSA) is 84.9 Å². The largest absolute Gasteiger partial charge is 0.467 e. The maximum atomic E-state index is 12.5. The number of amides is 2. The summed E-state index contributed by atoms with van der Waals surface area (Å²) in [5.41, 5.74) is 2.32. The van der Waals surface area contributed by atoms with E-state index in [-0.39, 0.29) is 19.1 Å². The summed E-state index contributed by atoms with van der Waals surface area (Å²) in [5.74, 6) is -0.825. The van der Waals surface area contributed by atoms with Gasteiger partial charge in [-0.15, -0.1) is 0 Å². The van der Waals surface area contributed by atoms with Crippen LogP contribution >= 0.6 is 0 Å². The molecule has 0 saturated heterocycles. The van der Waals surface area contributed by atoms with Gasteiger partial charge in [-0.2, -0.15) is 0 Å². The highest BCUT2D eigenvalue weighted by atomic mass is 16.6. The van der Waals surface area contributed by atoms with Crippen LogP contribution in [-0.4, -0.2) is 42.6 Å². The van der Waals surface area contributed by atoms with Gasteiger partial charge in [0, 0.05) is 12.1 Å². The molecular weight excluding hydrogens is 348 g/mol. The van der Waals surface area contributed by atoms with Crippen LogP contribution < -0.4 is 5.32 Å². The van der Waals surface area contributed by atoms with Crippen molar-refractivity contribution < 1.29 is 23.9 Å². The van der Waals surface area contributed by atoms with Gasteiger partial charge >= 0.3 is 12.1 Å². The minimum atomic E-state index is -1.02. The second kappa shape index (κ2) is 8.35. The molecule has 7 nitrogen and oxygen atoms in total. The summed E-state index contributed by atoms with van der Waals surface area (Å²) in [7, 11) is 1.23. The van der Waals surface area contributed by atoms with Crippen LogP contribution in [0.5, 0.6) is 0 Å². The SMILES string of the molecule is COC(=O)C(CN1Cc2ccccc2C1=O)NC(=O)OCc1ccccc1. The fourth-order valence-corrected chi connectivity index (χ4v) is 2.91. The van der Waals surface area contributed by atoms with Gasteiger partial charge in [-0.25, -0.2) is 9.59 Å². The van der Waals surface area contributed by atoms with Gasteiger partial charge in [-0.05, 0) is 17.2 Å². The van der Waals surface area contributed by atoms with Gasteiger partial charge in [0.15, 0.2) is 0 Å². The van der Waals surface area contributed by atoms with Crippen molar-refractivity contribution >= 4 is 18.0 Å². The van der Waals surface area contributed by atoms with E-state index in [2.05, 4.69) is 5.32 Å². The molecule has 2 aromatic rings. The molecule has 0 aromatic heterocycles. The number of benzene rings is 2. The van der Waals surface area contributed by atoms with E-state index in [9.17, 15) is 14.4 Å². The normalized spacial score (nSPS) is 13.7. The molecular formula is C20H20N2O5. The highest BCUT2D eigenvalue weighted by Gasteiger charge is 2.32. The Morgan fingerprint density at radius 1 is 1.11 bits per heavy atom. The molecule has 0 saturated carbocycles. The number of nitrogens with one attached hydrogen (secondary N) is 1. The third kappa shape index (κ3) is 4.44. The quantitative estimate of drug-likeness (QED) is 0.790. The highest BCUT2D eigenvalue weighted by Crippen LogP contribution is 2.22. The average Bonchev–Trinajstić information content (AvgIpc) is 3.02. The summed E-state index contributed by atoms with van der Waals surface area (Å²) in [6.45, 7) is 0.457. The van der Waals surface area contributed by atoms with Gasteiger partial charge in [-0.3, -0.25) is 4.79 Å². The van der Waals surface area contributed by atoms with Crippen molar-refractivity contribution in [3.8, 4) is 0 Å². The molecule has 1 N–H and O–H groups in total. The van der Waals surface area contributed by atoms with Crippen LogP contribution in [0.4, 0.5) is 4.79 Å². The molecule has 1 aliphatic heterocycles. The molecule has 140 valence electrons. The maximum absolute atomic E-state index is 12.5. The van der Waals surface area contributed by atoms with Crippen molar-refractivity contribution in [1.82, 2.24) is 10.2 Å². The van der Waals surface area contributed by atoms with Gasteiger partial charge < -0.3 is 19.7 Å². The number of nitrogens with zero attached hydrogens (tertiary/aromatic N) is 1. The third-order valence-electron chi connectivity index (χ3n) is 4.29. The molecule has 0 bridgehead atoms. The number of esters is 1. The Hall–Kier alpha value is -3.35. The Bertz CT molecular complexity index is 837. The van der Waals surface area contributed by atoms with Crippen molar-refractivity contribution in [1.29, 1.82) is 0 Å². The lowest BCUT2D eigenvalue weighted by atomic mass is 10.1. The Morgan fingerprint density at radius 2 is 1.81 bits per heavy atom. The molecule has 2 aromatic carbocycles. The first-order valence-corrected chi connectivity index (χ1v) is 8.50. The van der Waals surface area contributed by atoms with Crippen molar-refractivity contribution in [2.75, 3.05) is 13.7 Å². The summed E-state index contributed by atoms with van der Waals surface area (Å²) >= 11 is 0. The second-order valence-electron chi connectivity index (χ2n) is 6.12. The van der Waals surface area contributed by atoms with E-state index in [4.69, 9.17) is 9.47 Å². The number of ether oxygens (including phenoxy) is 2. The van der Waals surface area contributed by atoms with Gasteiger partial charge in [0.25, 0.3) is 5.91 Å². The summed E-state index contributed by atoms with van der Waals surface area (Å²) in [6.07, 6.45) is -0.751. The lowest BCUT2D eigenvalue weighted by Gasteiger charge is -2.22. The van der Waals surface area contributed by atoms with E-state index in [1.807, 2.05) is 42.5 Å². The summed E-state index contributed by atoms with van der Waals surface area (Å²) in [5, 5.41) is 2.48. The van der Waals surface area contributed by atoms with Crippen LogP contribution in [0.25, 0.3) is 0 Å². The van der Waals surface area contributed by atoms with Crippen LogP contribution in [0.1, 0.15) is 21.5 Å². The van der Waals surface area contributed by atoms with Crippen molar-refractivity contribution in [3.63, 3.8) is 0 Å². The zero-order valence-corrected chi connectivity index (χ0v) is 14.9. The minimum Gasteiger partial charge on any atom is -0.467 e. The Labute approximate surface area is 156 Å². The number of hydrogen-bond acceptors (Lipinski definition) is 5. The predicted molar refractivity (Wildman–Crippen MR) is 96.7 cm³/mol. The molecule has 0 fully saturated rings. The fraction of sp³-hybridized carbons (Fsp3) is 0.250. The van der Waals surface area contributed by atoms with Crippen LogP contribution in [0.3, 0.4) is 0 Å². The number of fused-ring (bicyclic) bond motifs is 1. The molecule has 0 radical (unpaired) electrons. The molecule has 27 heavy (non-hydrogen) atoms. The third-order valence-corrected chi connectivity index (χ3v) is 4.29. The first-order chi connectivity index (χ1) is 13.1. The molecule has 0 aliphatic carbocycles. The molecule has 1 aliphatic rings. The van der Waals surface area contributed by atoms with Crippen LogP contribution in [0.2, 0.25) is 0 Å². The average molecular weight is 368 g/mol. The Morgan fingerprint density at radius 3 is 2.52 bits per heavy atom. The number of methoxy groups -OCH3 is 1. The lowest BCUT2D eigenvalue weighted by molar-refractivity contribution is -0.143. The van der Waals surface area contributed by atoms with Crippen molar-refractivity contribution in [2.24, 2.45) is 0 Å². The van der Waals surface area contributed by atoms with E-state index in [1.54, 1.807) is 12.1 Å². The molecule has 2 amide bonds. The molecule has 0 spiro atoms. The first kappa shape index (κ1) is 18.4. The van der Waals surface area contributed by atoms with Crippen LogP contribution in [0.15, 0.2) is 54.6 Å². The Balaban J connectivity index is 1.60. The zero-order valence-electron chi connectivity index (χ0n) is 14.9. The van der Waals surface area contributed by atoms with Gasteiger partial charge in [0.2, 0.25) is 0 Å². The number of carbonyl (C=O) groups is 3. The summed E-state index contributed by atoms with van der Waals surface area (Å²) < 4.78 is 9.90. The van der Waals surface area contributed by atoms with Gasteiger partial charge in [-0.1, -0.05) is 48.5 Å². The molecule has 1 unspecified atom stereocenters. The Kier molecular flexibility index (Phi) is 5.71. The van der Waals surface area contributed by atoms with E-state index in [0.717, 1.165) is 11.1 Å². The first-order valence-electron chi connectivity index (χ1n) is 8.50. The van der Waals surface area contributed by atoms with E-state index >= 15 is 0 Å². The standard InChI is InChI=1S/C20H20N2O5/c1-26-19(24)17(21-20(25)27-13-14-7-3-2-4-8-14)12-22-11-15-9-5-6-10-16(15)18(22)23/h2-10,17H,11-13H2,1H3,(H,21,25). The predicted octanol–water partition coefficient (Wildman–Crippen LogP) is 2.11. The number of alkyl carbamates (subject to hydrolysis) is 1. The zero-order chi connectivity index (χ0) is 19.2. The smallest absolute Gasteiger partial charge is 0.408 e. The number of carbonyl (C=O) groups excluding carboxylic acids is 3. The van der Waals surface area contributed by atoms with Gasteiger partial charge in [0.1, 0.15) is 12.6 Å². The number of hydrogen-bond donors (Lipinski definition) is 1. The second-order valence-corrected chi connectivity index (χ2v) is 6.12. The minimum absolute atomic E-state index is 0.000619. The molecule has 3 rings (SSSR count). The highest BCUT2D eigenvalue weighted by molar-refractivity contribution is 5.98. The lowest BCUT2D eigenvalue weighted by Crippen LogP contribution is -2.49. The van der Waals surface area contributed by atoms with E-state index in [0.29, 0.717) is 12.1 Å². The molecule has 7 heteroatoms. The monoisotopic (exact) mass is 368 g/mol. The maximum Gasteiger partial charge on any atom is 0.408 e. The van der Waals surface area contributed by atoms with E-state index in [1.165, 1.54) is 12.0 Å². The van der Waals surface area contributed by atoms with Crippen molar-refractivity contribution in [2.45, 2.75) is 19.2 Å². The fourth-order valence-electron chi connectivity index (χ4n) is 2.91. The van der Waals surface area contributed by atoms with Crippen LogP contribution in [-0.2, 0) is 27.4 Å². The summed E-state index contributed by atoms with van der Waals surface area (Å²) in [4.78, 5) is 38.1. The summed E-state index contributed by atoms with van der Waals surface area (Å²) in [6, 6.07) is 15.4. The molecule has 1 heterocycles. The molecule has 1 atom stereocenters.